The summed E-state index contributed by atoms with van der Waals surface area (Å²) in [4.78, 5) is 2.06. The first kappa shape index (κ1) is 9.88. The van der Waals surface area contributed by atoms with Gasteiger partial charge in [0.05, 0.1) is 19.3 Å². The number of rotatable bonds is 5. The number of ether oxygens (including phenoxy) is 1. The third-order valence-electron chi connectivity index (χ3n) is 1.12. The second-order valence-corrected chi connectivity index (χ2v) is 2.67. The molecular formula is C7H17NO2. The summed E-state index contributed by atoms with van der Waals surface area (Å²) in [5, 5.41) is 8.41. The van der Waals surface area contributed by atoms with Gasteiger partial charge in [-0.05, 0) is 21.0 Å². The van der Waals surface area contributed by atoms with Crippen molar-refractivity contribution >= 4 is 0 Å². The van der Waals surface area contributed by atoms with Crippen molar-refractivity contribution in [3.05, 3.63) is 0 Å². The first-order valence-electron chi connectivity index (χ1n) is 3.54. The highest BCUT2D eigenvalue weighted by atomic mass is 16.5. The quantitative estimate of drug-likeness (QED) is 0.591. The van der Waals surface area contributed by atoms with E-state index in [-0.39, 0.29) is 12.7 Å². The van der Waals surface area contributed by atoms with E-state index in [4.69, 9.17) is 9.84 Å². The van der Waals surface area contributed by atoms with Crippen LogP contribution >= 0.6 is 0 Å². The summed E-state index contributed by atoms with van der Waals surface area (Å²) in [6, 6.07) is 0. The Labute approximate surface area is 62.6 Å². The minimum atomic E-state index is 0.109. The lowest BCUT2D eigenvalue weighted by atomic mass is 10.4. The summed E-state index contributed by atoms with van der Waals surface area (Å²) in [5.74, 6) is 0. The van der Waals surface area contributed by atoms with Gasteiger partial charge in [-0.1, -0.05) is 0 Å². The molecule has 0 bridgehead atoms. The predicted molar refractivity (Wildman–Crippen MR) is 41.1 cm³/mol. The molecule has 0 saturated heterocycles. The number of likely N-dealkylation sites (N-methyl/N-ethyl adjacent to an activating group) is 1. The summed E-state index contributed by atoms with van der Waals surface area (Å²) in [6.07, 6.45) is 0.210. The van der Waals surface area contributed by atoms with Crippen molar-refractivity contribution in [2.75, 3.05) is 33.9 Å². The van der Waals surface area contributed by atoms with Crippen LogP contribution in [0.3, 0.4) is 0 Å². The molecule has 0 heterocycles. The number of nitrogens with zero attached hydrogens (tertiary/aromatic N) is 1. The van der Waals surface area contributed by atoms with E-state index in [0.717, 1.165) is 6.54 Å². The maximum Gasteiger partial charge on any atom is 0.0701 e. The molecule has 62 valence electrons. The van der Waals surface area contributed by atoms with Crippen LogP contribution < -0.4 is 0 Å². The van der Waals surface area contributed by atoms with E-state index in [0.29, 0.717) is 6.61 Å². The van der Waals surface area contributed by atoms with E-state index >= 15 is 0 Å². The molecule has 0 amide bonds. The van der Waals surface area contributed by atoms with Crippen LogP contribution in [0, 0.1) is 0 Å². The molecule has 0 aliphatic rings. The van der Waals surface area contributed by atoms with E-state index in [1.54, 1.807) is 0 Å². The van der Waals surface area contributed by atoms with Gasteiger partial charge in [0, 0.05) is 6.54 Å². The lowest BCUT2D eigenvalue weighted by Crippen LogP contribution is -2.26. The molecule has 0 radical (unpaired) electrons. The molecule has 0 fully saturated rings. The summed E-state index contributed by atoms with van der Waals surface area (Å²) < 4.78 is 5.21. The highest BCUT2D eigenvalue weighted by molar-refractivity contribution is 4.52. The Morgan fingerprint density at radius 2 is 2.10 bits per heavy atom. The van der Waals surface area contributed by atoms with Gasteiger partial charge < -0.3 is 14.7 Å². The van der Waals surface area contributed by atoms with Crippen molar-refractivity contribution in [2.24, 2.45) is 0 Å². The fourth-order valence-electron chi connectivity index (χ4n) is 0.821. The fraction of sp³-hybridized carbons (Fsp3) is 1.00. The first-order chi connectivity index (χ1) is 4.66. The van der Waals surface area contributed by atoms with Crippen molar-refractivity contribution in [3.8, 4) is 0 Å². The first-order valence-corrected chi connectivity index (χ1v) is 3.54. The molecule has 1 N–H and O–H groups in total. The second-order valence-electron chi connectivity index (χ2n) is 2.67. The lowest BCUT2D eigenvalue weighted by Gasteiger charge is -2.16. The minimum Gasteiger partial charge on any atom is -0.394 e. The van der Waals surface area contributed by atoms with E-state index in [1.807, 2.05) is 21.0 Å². The van der Waals surface area contributed by atoms with Gasteiger partial charge in [0.25, 0.3) is 0 Å². The lowest BCUT2D eigenvalue weighted by molar-refractivity contribution is 0.0259. The molecule has 0 aliphatic heterocycles. The SMILES string of the molecule is CC(CN(C)C)OCCO. The number of hydrogen-bond acceptors (Lipinski definition) is 3. The Morgan fingerprint density at radius 3 is 2.50 bits per heavy atom. The number of aliphatic hydroxyl groups excluding tert-OH is 1. The maximum absolute atomic E-state index is 8.41. The van der Waals surface area contributed by atoms with Gasteiger partial charge in [-0.25, -0.2) is 0 Å². The van der Waals surface area contributed by atoms with E-state index in [9.17, 15) is 0 Å². The number of aliphatic hydroxyl groups is 1. The molecule has 0 spiro atoms. The van der Waals surface area contributed by atoms with Crippen LogP contribution in [-0.4, -0.2) is 50.0 Å². The highest BCUT2D eigenvalue weighted by Gasteiger charge is 2.01. The molecule has 1 atom stereocenters. The summed E-state index contributed by atoms with van der Waals surface area (Å²) in [5.41, 5.74) is 0. The summed E-state index contributed by atoms with van der Waals surface area (Å²) in [7, 11) is 4.00. The van der Waals surface area contributed by atoms with Crippen LogP contribution in [0.1, 0.15) is 6.92 Å². The van der Waals surface area contributed by atoms with Gasteiger partial charge in [-0.3, -0.25) is 0 Å². The molecule has 0 aromatic carbocycles. The highest BCUT2D eigenvalue weighted by Crippen LogP contribution is 1.90. The fourth-order valence-corrected chi connectivity index (χ4v) is 0.821. The van der Waals surface area contributed by atoms with Crippen LogP contribution in [0.5, 0.6) is 0 Å². The van der Waals surface area contributed by atoms with E-state index in [1.165, 1.54) is 0 Å². The van der Waals surface area contributed by atoms with Gasteiger partial charge in [-0.2, -0.15) is 0 Å². The van der Waals surface area contributed by atoms with Crippen molar-refractivity contribution in [2.45, 2.75) is 13.0 Å². The molecular weight excluding hydrogens is 130 g/mol. The zero-order valence-electron chi connectivity index (χ0n) is 7.00. The van der Waals surface area contributed by atoms with Crippen LogP contribution in [0.15, 0.2) is 0 Å². The third-order valence-corrected chi connectivity index (χ3v) is 1.12. The van der Waals surface area contributed by atoms with Crippen molar-refractivity contribution in [3.63, 3.8) is 0 Å². The van der Waals surface area contributed by atoms with Gasteiger partial charge in [-0.15, -0.1) is 0 Å². The van der Waals surface area contributed by atoms with Crippen LogP contribution in [-0.2, 0) is 4.74 Å². The monoisotopic (exact) mass is 147 g/mol. The van der Waals surface area contributed by atoms with Crippen LogP contribution in [0.4, 0.5) is 0 Å². The minimum absolute atomic E-state index is 0.109. The molecule has 3 nitrogen and oxygen atoms in total. The topological polar surface area (TPSA) is 32.7 Å². The van der Waals surface area contributed by atoms with Gasteiger partial charge in [0.15, 0.2) is 0 Å². The Morgan fingerprint density at radius 1 is 1.50 bits per heavy atom. The van der Waals surface area contributed by atoms with Crippen molar-refractivity contribution in [1.29, 1.82) is 0 Å². The number of hydrogen-bond donors (Lipinski definition) is 1. The molecule has 0 rings (SSSR count). The Kier molecular flexibility index (Phi) is 5.58. The van der Waals surface area contributed by atoms with Crippen molar-refractivity contribution < 1.29 is 9.84 Å². The van der Waals surface area contributed by atoms with E-state index in [2.05, 4.69) is 4.90 Å². The Bertz CT molecular complexity index is 76.0. The second kappa shape index (κ2) is 5.65. The smallest absolute Gasteiger partial charge is 0.0701 e. The molecule has 0 saturated carbocycles. The Balaban J connectivity index is 3.16. The molecule has 3 heteroatoms. The summed E-state index contributed by atoms with van der Waals surface area (Å²) in [6.45, 7) is 3.45. The Hall–Kier alpha value is -0.120. The predicted octanol–water partition coefficient (Wildman–Crippen LogP) is -0.0546. The zero-order valence-corrected chi connectivity index (χ0v) is 7.00. The average molecular weight is 147 g/mol. The normalized spacial score (nSPS) is 14.1. The van der Waals surface area contributed by atoms with Crippen LogP contribution in [0.25, 0.3) is 0 Å². The van der Waals surface area contributed by atoms with Gasteiger partial charge >= 0.3 is 0 Å². The van der Waals surface area contributed by atoms with Crippen molar-refractivity contribution in [1.82, 2.24) is 4.90 Å². The molecule has 0 aliphatic carbocycles. The molecule has 0 aromatic rings. The largest absolute Gasteiger partial charge is 0.394 e. The molecule has 1 unspecified atom stereocenters. The molecule has 0 aromatic heterocycles. The maximum atomic E-state index is 8.41. The van der Waals surface area contributed by atoms with Gasteiger partial charge in [0.2, 0.25) is 0 Å². The average Bonchev–Trinajstić information content (AvgIpc) is 1.82. The van der Waals surface area contributed by atoms with E-state index < -0.39 is 0 Å². The summed E-state index contributed by atoms with van der Waals surface area (Å²) >= 11 is 0. The third kappa shape index (κ3) is 6.01. The van der Waals surface area contributed by atoms with Gasteiger partial charge in [0.1, 0.15) is 0 Å². The standard InChI is InChI=1S/C7H17NO2/c1-7(6-8(2)3)10-5-4-9/h7,9H,4-6H2,1-3H3. The van der Waals surface area contributed by atoms with Crippen LogP contribution in [0.2, 0.25) is 0 Å². The molecule has 10 heavy (non-hydrogen) atoms. The zero-order chi connectivity index (χ0) is 7.98.